The molecule has 0 aliphatic carbocycles. The lowest BCUT2D eigenvalue weighted by molar-refractivity contribution is -0.116. The number of carbonyl (C=O) groups excluding carboxylic acids is 1. The first-order valence-electron chi connectivity index (χ1n) is 7.57. The minimum atomic E-state index is -0.187. The molecule has 0 radical (unpaired) electrons. The van der Waals surface area contributed by atoms with E-state index in [4.69, 9.17) is 9.47 Å². The molecule has 0 unspecified atom stereocenters. The van der Waals surface area contributed by atoms with Gasteiger partial charge in [-0.1, -0.05) is 18.2 Å². The quantitative estimate of drug-likeness (QED) is 0.724. The van der Waals surface area contributed by atoms with E-state index in [0.717, 1.165) is 28.2 Å². The smallest absolute Gasteiger partial charge is 0.244 e. The van der Waals surface area contributed by atoms with E-state index in [-0.39, 0.29) is 12.7 Å². The number of para-hydroxylation sites is 2. The normalized spacial score (nSPS) is 12.8. The average molecular weight is 321 g/mol. The molecule has 0 spiro atoms. The van der Waals surface area contributed by atoms with Crippen molar-refractivity contribution in [1.82, 2.24) is 15.3 Å². The SMILES string of the molecule is O=C(C=Cc1ccc2c(c1)OCO2)NCc1nc2ccccc2[nH]1. The number of rotatable bonds is 4. The summed E-state index contributed by atoms with van der Waals surface area (Å²) in [6.07, 6.45) is 3.22. The van der Waals surface area contributed by atoms with Crippen LogP contribution in [-0.2, 0) is 11.3 Å². The van der Waals surface area contributed by atoms with Crippen LogP contribution in [0.3, 0.4) is 0 Å². The predicted octanol–water partition coefficient (Wildman–Crippen LogP) is 2.62. The van der Waals surface area contributed by atoms with E-state index in [9.17, 15) is 4.79 Å². The van der Waals surface area contributed by atoms with Crippen LogP contribution in [-0.4, -0.2) is 22.7 Å². The van der Waals surface area contributed by atoms with Gasteiger partial charge >= 0.3 is 0 Å². The molecule has 2 aromatic carbocycles. The van der Waals surface area contributed by atoms with Crippen molar-refractivity contribution in [2.45, 2.75) is 6.54 Å². The number of nitrogens with zero attached hydrogens (tertiary/aromatic N) is 1. The lowest BCUT2D eigenvalue weighted by atomic mass is 10.2. The summed E-state index contributed by atoms with van der Waals surface area (Å²) in [5, 5.41) is 2.81. The van der Waals surface area contributed by atoms with Crippen LogP contribution in [0.2, 0.25) is 0 Å². The molecule has 4 rings (SSSR count). The first-order valence-corrected chi connectivity index (χ1v) is 7.57. The molecule has 1 amide bonds. The van der Waals surface area contributed by atoms with Gasteiger partial charge in [0.2, 0.25) is 12.7 Å². The largest absolute Gasteiger partial charge is 0.454 e. The maximum Gasteiger partial charge on any atom is 0.244 e. The van der Waals surface area contributed by atoms with Gasteiger partial charge in [-0.15, -0.1) is 0 Å². The third-order valence-electron chi connectivity index (χ3n) is 3.69. The molecule has 120 valence electrons. The number of fused-ring (bicyclic) bond motifs is 2. The topological polar surface area (TPSA) is 76.2 Å². The molecule has 6 heteroatoms. The fraction of sp³-hybridized carbons (Fsp3) is 0.111. The van der Waals surface area contributed by atoms with Crippen molar-refractivity contribution in [1.29, 1.82) is 0 Å². The van der Waals surface area contributed by atoms with Gasteiger partial charge in [0.25, 0.3) is 0 Å². The molecule has 1 aromatic heterocycles. The summed E-state index contributed by atoms with van der Waals surface area (Å²) in [7, 11) is 0. The van der Waals surface area contributed by atoms with Crippen molar-refractivity contribution in [3.05, 3.63) is 59.9 Å². The highest BCUT2D eigenvalue weighted by Gasteiger charge is 2.12. The Kier molecular flexibility index (Phi) is 3.63. The number of hydrogen-bond donors (Lipinski definition) is 2. The zero-order chi connectivity index (χ0) is 16.4. The fourth-order valence-corrected chi connectivity index (χ4v) is 2.51. The predicted molar refractivity (Wildman–Crippen MR) is 89.5 cm³/mol. The summed E-state index contributed by atoms with van der Waals surface area (Å²) >= 11 is 0. The van der Waals surface area contributed by atoms with Crippen LogP contribution in [0.5, 0.6) is 11.5 Å². The molecule has 24 heavy (non-hydrogen) atoms. The number of benzene rings is 2. The standard InChI is InChI=1S/C18H15N3O3/c22-18(8-6-12-5-7-15-16(9-12)24-11-23-15)19-10-17-20-13-3-1-2-4-14(13)21-17/h1-9H,10-11H2,(H,19,22)(H,20,21). The Bertz CT molecular complexity index is 897. The van der Waals surface area contributed by atoms with Crippen molar-refractivity contribution in [3.8, 4) is 11.5 Å². The van der Waals surface area contributed by atoms with Crippen LogP contribution in [0.4, 0.5) is 0 Å². The molecule has 0 fully saturated rings. The van der Waals surface area contributed by atoms with Crippen molar-refractivity contribution >= 4 is 23.0 Å². The van der Waals surface area contributed by atoms with Gasteiger partial charge in [-0.3, -0.25) is 4.79 Å². The average Bonchev–Trinajstić information content (AvgIpc) is 3.23. The number of aromatic nitrogens is 2. The van der Waals surface area contributed by atoms with Crippen molar-refractivity contribution in [3.63, 3.8) is 0 Å². The second-order valence-electron chi connectivity index (χ2n) is 5.36. The van der Waals surface area contributed by atoms with Gasteiger partial charge in [-0.2, -0.15) is 0 Å². The lowest BCUT2D eigenvalue weighted by Gasteiger charge is -1.99. The summed E-state index contributed by atoms with van der Waals surface area (Å²) in [6, 6.07) is 13.3. The molecular weight excluding hydrogens is 306 g/mol. The van der Waals surface area contributed by atoms with E-state index in [1.165, 1.54) is 6.08 Å². The third-order valence-corrected chi connectivity index (χ3v) is 3.69. The number of H-pyrrole nitrogens is 1. The van der Waals surface area contributed by atoms with Crippen LogP contribution in [0.25, 0.3) is 17.1 Å². The Morgan fingerprint density at radius 2 is 2.08 bits per heavy atom. The number of nitrogens with one attached hydrogen (secondary N) is 2. The number of ether oxygens (including phenoxy) is 2. The van der Waals surface area contributed by atoms with Crippen LogP contribution >= 0.6 is 0 Å². The molecule has 3 aromatic rings. The van der Waals surface area contributed by atoms with Crippen LogP contribution < -0.4 is 14.8 Å². The van der Waals surface area contributed by atoms with Crippen molar-refractivity contribution < 1.29 is 14.3 Å². The van der Waals surface area contributed by atoms with Gasteiger partial charge in [-0.05, 0) is 35.9 Å². The molecule has 2 N–H and O–H groups in total. The zero-order valence-corrected chi connectivity index (χ0v) is 12.8. The minimum Gasteiger partial charge on any atom is -0.454 e. The molecule has 0 saturated heterocycles. The van der Waals surface area contributed by atoms with Gasteiger partial charge in [0, 0.05) is 6.08 Å². The highest BCUT2D eigenvalue weighted by Crippen LogP contribution is 2.32. The molecule has 1 aliphatic heterocycles. The highest BCUT2D eigenvalue weighted by molar-refractivity contribution is 5.91. The lowest BCUT2D eigenvalue weighted by Crippen LogP contribution is -2.20. The van der Waals surface area contributed by atoms with Crippen LogP contribution in [0.1, 0.15) is 11.4 Å². The Hall–Kier alpha value is -3.28. The number of hydrogen-bond acceptors (Lipinski definition) is 4. The molecule has 0 atom stereocenters. The Balaban J connectivity index is 1.37. The summed E-state index contributed by atoms with van der Waals surface area (Å²) in [5.41, 5.74) is 2.72. The molecular formula is C18H15N3O3. The minimum absolute atomic E-state index is 0.187. The van der Waals surface area contributed by atoms with Crippen molar-refractivity contribution in [2.75, 3.05) is 6.79 Å². The Morgan fingerprint density at radius 1 is 1.21 bits per heavy atom. The number of amides is 1. The van der Waals surface area contributed by atoms with E-state index in [2.05, 4.69) is 15.3 Å². The van der Waals surface area contributed by atoms with Gasteiger partial charge in [-0.25, -0.2) is 4.98 Å². The number of imidazole rings is 1. The van der Waals surface area contributed by atoms with E-state index in [0.29, 0.717) is 12.3 Å². The molecule has 6 nitrogen and oxygen atoms in total. The van der Waals surface area contributed by atoms with Gasteiger partial charge in [0.15, 0.2) is 11.5 Å². The Labute approximate surface area is 138 Å². The van der Waals surface area contributed by atoms with Gasteiger partial charge in [0.1, 0.15) is 5.82 Å². The monoisotopic (exact) mass is 321 g/mol. The maximum atomic E-state index is 11.9. The zero-order valence-electron chi connectivity index (χ0n) is 12.8. The Morgan fingerprint density at radius 3 is 3.00 bits per heavy atom. The summed E-state index contributed by atoms with van der Waals surface area (Å²) < 4.78 is 10.6. The van der Waals surface area contributed by atoms with Gasteiger partial charge in [0.05, 0.1) is 17.6 Å². The summed E-state index contributed by atoms with van der Waals surface area (Å²) in [5.74, 6) is 1.95. The van der Waals surface area contributed by atoms with Gasteiger partial charge < -0.3 is 19.8 Å². The molecule has 2 heterocycles. The third kappa shape index (κ3) is 2.94. The van der Waals surface area contributed by atoms with Crippen molar-refractivity contribution in [2.24, 2.45) is 0 Å². The highest BCUT2D eigenvalue weighted by atomic mass is 16.7. The maximum absolute atomic E-state index is 11.9. The second kappa shape index (κ2) is 6.08. The number of aromatic amines is 1. The second-order valence-corrected chi connectivity index (χ2v) is 5.36. The molecule has 0 saturated carbocycles. The van der Waals surface area contributed by atoms with E-state index < -0.39 is 0 Å². The van der Waals surface area contributed by atoms with Crippen LogP contribution in [0.15, 0.2) is 48.5 Å². The molecule has 1 aliphatic rings. The van der Waals surface area contributed by atoms with E-state index in [1.807, 2.05) is 42.5 Å². The first kappa shape index (κ1) is 14.3. The fourth-order valence-electron chi connectivity index (χ4n) is 2.51. The van der Waals surface area contributed by atoms with E-state index in [1.54, 1.807) is 6.08 Å². The summed E-state index contributed by atoms with van der Waals surface area (Å²) in [6.45, 7) is 0.583. The first-order chi connectivity index (χ1) is 11.8. The van der Waals surface area contributed by atoms with Crippen LogP contribution in [0, 0.1) is 0 Å². The summed E-state index contributed by atoms with van der Waals surface area (Å²) in [4.78, 5) is 19.5. The molecule has 0 bridgehead atoms. The van der Waals surface area contributed by atoms with E-state index >= 15 is 0 Å². The number of carbonyl (C=O) groups is 1.